The van der Waals surface area contributed by atoms with Crippen LogP contribution in [0.15, 0.2) is 61.9 Å². The molecule has 7 rings (SSSR count). The van der Waals surface area contributed by atoms with Crippen LogP contribution in [0.3, 0.4) is 0 Å². The Bertz CT molecular complexity index is 1650. The summed E-state index contributed by atoms with van der Waals surface area (Å²) in [6, 6.07) is 11.9. The lowest BCUT2D eigenvalue weighted by atomic mass is 9.48. The van der Waals surface area contributed by atoms with Gasteiger partial charge in [-0.1, -0.05) is 12.1 Å². The normalized spacial score (nSPS) is 26.3. The maximum absolute atomic E-state index is 12.7. The molecule has 0 spiro atoms. The van der Waals surface area contributed by atoms with Gasteiger partial charge in [-0.2, -0.15) is 0 Å². The van der Waals surface area contributed by atoms with Gasteiger partial charge in [0.1, 0.15) is 5.56 Å². The molecular weight excluding hydrogens is 504 g/mol. The van der Waals surface area contributed by atoms with Gasteiger partial charge in [0.25, 0.3) is 5.56 Å². The average molecular weight is 535 g/mol. The van der Waals surface area contributed by atoms with Crippen LogP contribution in [0.2, 0.25) is 0 Å². The second kappa shape index (κ2) is 8.78. The van der Waals surface area contributed by atoms with Crippen molar-refractivity contribution in [2.45, 2.75) is 55.8 Å². The van der Waals surface area contributed by atoms with E-state index in [0.717, 1.165) is 28.5 Å². The van der Waals surface area contributed by atoms with Crippen LogP contribution < -0.4 is 16.4 Å². The maximum atomic E-state index is 12.7. The minimum Gasteiger partial charge on any atom is -0.493 e. The van der Waals surface area contributed by atoms with Crippen LogP contribution in [0.25, 0.3) is 5.69 Å². The highest BCUT2D eigenvalue weighted by atomic mass is 32.2. The SMILES string of the molecule is Cc1cc(S(N)(=O)=O)ccc1N=Cc1c(O)n(-c2ccc(C34CC5CC(CC(C5)C3)C4)cc2)c(=O)[nH]c1=O. The highest BCUT2D eigenvalue weighted by Crippen LogP contribution is 2.60. The molecule has 38 heavy (non-hydrogen) atoms. The Morgan fingerprint density at radius 1 is 1.03 bits per heavy atom. The summed E-state index contributed by atoms with van der Waals surface area (Å²) in [7, 11) is -3.86. The van der Waals surface area contributed by atoms with Crippen LogP contribution in [0.5, 0.6) is 5.88 Å². The Morgan fingerprint density at radius 2 is 1.63 bits per heavy atom. The van der Waals surface area contributed by atoms with Crippen molar-refractivity contribution in [3.63, 3.8) is 0 Å². The monoisotopic (exact) mass is 534 g/mol. The lowest BCUT2D eigenvalue weighted by Gasteiger charge is -2.57. The molecule has 0 amide bonds. The van der Waals surface area contributed by atoms with Crippen molar-refractivity contribution < 1.29 is 13.5 Å². The molecule has 4 aliphatic rings. The molecule has 0 saturated heterocycles. The van der Waals surface area contributed by atoms with Crippen LogP contribution in [0.4, 0.5) is 5.69 Å². The molecule has 10 heteroatoms. The summed E-state index contributed by atoms with van der Waals surface area (Å²) in [5, 5.41) is 16.1. The van der Waals surface area contributed by atoms with Gasteiger partial charge >= 0.3 is 5.69 Å². The van der Waals surface area contributed by atoms with E-state index in [9.17, 15) is 23.1 Å². The number of aryl methyl sites for hydroxylation is 1. The zero-order valence-corrected chi connectivity index (χ0v) is 21.9. The molecule has 4 fully saturated rings. The van der Waals surface area contributed by atoms with Crippen molar-refractivity contribution in [1.29, 1.82) is 0 Å². The van der Waals surface area contributed by atoms with Crippen molar-refractivity contribution in [2.24, 2.45) is 27.9 Å². The number of hydrogen-bond acceptors (Lipinski definition) is 6. The number of nitrogens with zero attached hydrogens (tertiary/aromatic N) is 2. The third-order valence-corrected chi connectivity index (χ3v) is 9.64. The average Bonchev–Trinajstić information content (AvgIpc) is 2.83. The molecule has 4 N–H and O–H groups in total. The zero-order valence-electron chi connectivity index (χ0n) is 21.1. The zero-order chi connectivity index (χ0) is 26.8. The van der Waals surface area contributed by atoms with E-state index >= 15 is 0 Å². The summed E-state index contributed by atoms with van der Waals surface area (Å²) in [5.41, 5.74) is 1.12. The number of rotatable bonds is 5. The van der Waals surface area contributed by atoms with Gasteiger partial charge in [-0.3, -0.25) is 14.8 Å². The molecule has 4 saturated carbocycles. The first-order valence-corrected chi connectivity index (χ1v) is 14.4. The number of aromatic amines is 1. The summed E-state index contributed by atoms with van der Waals surface area (Å²) in [4.78, 5) is 31.7. The second-order valence-corrected chi connectivity index (χ2v) is 12.9. The van der Waals surface area contributed by atoms with E-state index in [4.69, 9.17) is 5.14 Å². The Morgan fingerprint density at radius 3 is 2.18 bits per heavy atom. The number of aromatic nitrogens is 2. The van der Waals surface area contributed by atoms with Gasteiger partial charge < -0.3 is 5.11 Å². The Hall–Kier alpha value is -3.50. The Balaban J connectivity index is 1.33. The number of aliphatic imine (C=N–C) groups is 1. The van der Waals surface area contributed by atoms with Gasteiger partial charge in [-0.15, -0.1) is 0 Å². The minimum atomic E-state index is -3.86. The van der Waals surface area contributed by atoms with E-state index in [0.29, 0.717) is 16.9 Å². The Kier molecular flexibility index (Phi) is 5.73. The summed E-state index contributed by atoms with van der Waals surface area (Å²) < 4.78 is 24.2. The number of sulfonamides is 1. The number of primary sulfonamides is 1. The van der Waals surface area contributed by atoms with E-state index in [2.05, 4.69) is 22.1 Å². The standard InChI is InChI=1S/C28H30N4O5S/c1-16-8-22(38(29,36)37)6-7-24(16)30-15-23-25(33)31-27(35)32(26(23)34)21-4-2-20(3-5-21)28-12-17-9-18(13-28)11-19(10-17)14-28/h2-8,15,17-19,34H,9-14H2,1H3,(H2,29,36,37)(H,31,33,35). The van der Waals surface area contributed by atoms with E-state index < -0.39 is 27.2 Å². The fourth-order valence-electron chi connectivity index (χ4n) is 7.41. The van der Waals surface area contributed by atoms with Crippen LogP contribution in [-0.2, 0) is 15.4 Å². The number of aromatic hydroxyl groups is 1. The highest BCUT2D eigenvalue weighted by Gasteiger charge is 2.51. The van der Waals surface area contributed by atoms with E-state index in [1.807, 2.05) is 12.1 Å². The lowest BCUT2D eigenvalue weighted by Crippen LogP contribution is -2.48. The van der Waals surface area contributed by atoms with Gasteiger partial charge in [-0.05, 0) is 110 Å². The van der Waals surface area contributed by atoms with E-state index in [1.165, 1.54) is 62.3 Å². The van der Waals surface area contributed by atoms with E-state index in [-0.39, 0.29) is 15.9 Å². The minimum absolute atomic E-state index is 0.0554. The molecule has 0 aliphatic heterocycles. The molecule has 0 atom stereocenters. The number of benzene rings is 2. The third-order valence-electron chi connectivity index (χ3n) is 8.73. The van der Waals surface area contributed by atoms with Gasteiger partial charge in [0, 0.05) is 6.21 Å². The predicted molar refractivity (Wildman–Crippen MR) is 144 cm³/mol. The van der Waals surface area contributed by atoms with Crippen molar-refractivity contribution in [1.82, 2.24) is 9.55 Å². The molecule has 9 nitrogen and oxygen atoms in total. The van der Waals surface area contributed by atoms with E-state index in [1.54, 1.807) is 6.92 Å². The lowest BCUT2D eigenvalue weighted by molar-refractivity contribution is -0.00518. The van der Waals surface area contributed by atoms with Crippen LogP contribution in [0.1, 0.15) is 55.2 Å². The molecule has 3 aromatic rings. The first-order valence-electron chi connectivity index (χ1n) is 12.9. The smallest absolute Gasteiger partial charge is 0.335 e. The highest BCUT2D eigenvalue weighted by molar-refractivity contribution is 7.89. The summed E-state index contributed by atoms with van der Waals surface area (Å²) in [6.45, 7) is 1.65. The molecular formula is C28H30N4O5S. The van der Waals surface area contributed by atoms with Gasteiger partial charge in [0.05, 0.1) is 16.3 Å². The largest absolute Gasteiger partial charge is 0.493 e. The van der Waals surface area contributed by atoms with Crippen molar-refractivity contribution in [3.05, 3.63) is 80.0 Å². The fourth-order valence-corrected chi connectivity index (χ4v) is 8.01. The Labute approximate surface area is 220 Å². The molecule has 0 radical (unpaired) electrons. The molecule has 0 unspecified atom stereocenters. The van der Waals surface area contributed by atoms with Gasteiger partial charge in [0.15, 0.2) is 0 Å². The summed E-state index contributed by atoms with van der Waals surface area (Å²) >= 11 is 0. The van der Waals surface area contributed by atoms with Crippen molar-refractivity contribution >= 4 is 21.9 Å². The molecule has 4 bridgehead atoms. The van der Waals surface area contributed by atoms with Crippen LogP contribution in [0, 0.1) is 24.7 Å². The van der Waals surface area contributed by atoms with Crippen molar-refractivity contribution in [2.75, 3.05) is 0 Å². The number of H-pyrrole nitrogens is 1. The molecule has 4 aliphatic carbocycles. The predicted octanol–water partition coefficient (Wildman–Crippen LogP) is 3.41. The third kappa shape index (κ3) is 4.21. The molecule has 1 heterocycles. The summed E-state index contributed by atoms with van der Waals surface area (Å²) in [5.74, 6) is 1.92. The summed E-state index contributed by atoms with van der Waals surface area (Å²) in [6.07, 6.45) is 8.91. The molecule has 1 aromatic heterocycles. The number of nitrogens with one attached hydrogen (secondary N) is 1. The van der Waals surface area contributed by atoms with Crippen molar-refractivity contribution in [3.8, 4) is 11.6 Å². The fraction of sp³-hybridized carbons (Fsp3) is 0.393. The quantitative estimate of drug-likeness (QED) is 0.429. The molecule has 198 valence electrons. The van der Waals surface area contributed by atoms with Gasteiger partial charge in [-0.25, -0.2) is 22.9 Å². The first-order chi connectivity index (χ1) is 18.0. The topological polar surface area (TPSA) is 148 Å². The van der Waals surface area contributed by atoms with Crippen LogP contribution in [-0.4, -0.2) is 29.3 Å². The molecule has 2 aromatic carbocycles. The number of nitrogens with two attached hydrogens (primary N) is 1. The van der Waals surface area contributed by atoms with Crippen LogP contribution >= 0.6 is 0 Å². The number of hydrogen-bond donors (Lipinski definition) is 3. The van der Waals surface area contributed by atoms with Gasteiger partial charge in [0.2, 0.25) is 15.9 Å². The maximum Gasteiger partial charge on any atom is 0.335 e. The second-order valence-electron chi connectivity index (χ2n) is 11.3. The first kappa shape index (κ1) is 24.8.